The first-order chi connectivity index (χ1) is 8.10. The summed E-state index contributed by atoms with van der Waals surface area (Å²) in [4.78, 5) is 2.01. The Kier molecular flexibility index (Phi) is 5.51. The maximum Gasteiger partial charge on any atom is 0.164 e. The largest absolute Gasteiger partial charge is 0.387 e. The minimum Gasteiger partial charge on any atom is -0.387 e. The van der Waals surface area contributed by atoms with Crippen molar-refractivity contribution in [3.05, 3.63) is 35.4 Å². The molecule has 0 aliphatic rings. The molecule has 0 spiro atoms. The molecule has 1 aromatic carbocycles. The molecule has 0 aliphatic heterocycles. The van der Waals surface area contributed by atoms with Crippen LogP contribution in [-0.4, -0.2) is 29.6 Å². The minimum atomic E-state index is -0.989. The van der Waals surface area contributed by atoms with Gasteiger partial charge < -0.3 is 10.0 Å². The lowest BCUT2D eigenvalue weighted by molar-refractivity contribution is 0.112. The zero-order valence-electron chi connectivity index (χ0n) is 10.3. The zero-order valence-corrected chi connectivity index (χ0v) is 10.3. The van der Waals surface area contributed by atoms with E-state index in [9.17, 15) is 13.9 Å². The summed E-state index contributed by atoms with van der Waals surface area (Å²) in [6, 6.07) is 3.88. The molecule has 0 aromatic heterocycles. The first-order valence-corrected chi connectivity index (χ1v) is 5.94. The molecule has 1 rings (SSSR count). The van der Waals surface area contributed by atoms with E-state index in [0.717, 1.165) is 25.6 Å². The number of likely N-dealkylation sites (N-methyl/N-ethyl adjacent to an activating group) is 1. The van der Waals surface area contributed by atoms with Crippen molar-refractivity contribution in [3.63, 3.8) is 0 Å². The van der Waals surface area contributed by atoms with E-state index in [4.69, 9.17) is 0 Å². The molecule has 4 heteroatoms. The van der Waals surface area contributed by atoms with Crippen LogP contribution in [0.2, 0.25) is 0 Å². The molecule has 1 unspecified atom stereocenters. The quantitative estimate of drug-likeness (QED) is 0.830. The van der Waals surface area contributed by atoms with Crippen LogP contribution in [0.25, 0.3) is 0 Å². The molecule has 0 amide bonds. The standard InChI is InChI=1S/C13H19F2NO/c1-3-8-16(4-2)9-12(17)10-6-5-7-11(14)13(10)15/h5-7,12,17H,3-4,8-9H2,1-2H3. The molecule has 1 aromatic rings. The lowest BCUT2D eigenvalue weighted by Crippen LogP contribution is -2.29. The van der Waals surface area contributed by atoms with Gasteiger partial charge in [-0.2, -0.15) is 0 Å². The maximum atomic E-state index is 13.4. The summed E-state index contributed by atoms with van der Waals surface area (Å²) >= 11 is 0. The number of hydrogen-bond acceptors (Lipinski definition) is 2. The predicted molar refractivity (Wildman–Crippen MR) is 63.7 cm³/mol. The van der Waals surface area contributed by atoms with E-state index in [0.29, 0.717) is 6.54 Å². The molecule has 0 bridgehead atoms. The minimum absolute atomic E-state index is 0.0274. The summed E-state index contributed by atoms with van der Waals surface area (Å²) in [5.74, 6) is -1.87. The third kappa shape index (κ3) is 3.75. The molecule has 0 saturated carbocycles. The van der Waals surface area contributed by atoms with Gasteiger partial charge in [-0.15, -0.1) is 0 Å². The van der Waals surface area contributed by atoms with Gasteiger partial charge in [0.05, 0.1) is 6.10 Å². The van der Waals surface area contributed by atoms with E-state index >= 15 is 0 Å². The second kappa shape index (κ2) is 6.67. The van der Waals surface area contributed by atoms with Crippen LogP contribution in [0.4, 0.5) is 8.78 Å². The fraction of sp³-hybridized carbons (Fsp3) is 0.538. The Bertz CT molecular complexity index is 357. The Morgan fingerprint density at radius 2 is 2.00 bits per heavy atom. The van der Waals surface area contributed by atoms with Crippen LogP contribution in [0, 0.1) is 11.6 Å². The smallest absolute Gasteiger partial charge is 0.164 e. The van der Waals surface area contributed by atoms with Crippen LogP contribution in [0.3, 0.4) is 0 Å². The number of rotatable bonds is 6. The van der Waals surface area contributed by atoms with Crippen molar-refractivity contribution < 1.29 is 13.9 Å². The number of aliphatic hydroxyl groups excluding tert-OH is 1. The van der Waals surface area contributed by atoms with Gasteiger partial charge in [-0.1, -0.05) is 26.0 Å². The Balaban J connectivity index is 2.75. The molecule has 0 radical (unpaired) electrons. The SMILES string of the molecule is CCCN(CC)CC(O)c1cccc(F)c1F. The lowest BCUT2D eigenvalue weighted by atomic mass is 10.1. The van der Waals surface area contributed by atoms with Gasteiger partial charge in [0, 0.05) is 12.1 Å². The number of aliphatic hydroxyl groups is 1. The predicted octanol–water partition coefficient (Wildman–Crippen LogP) is 2.73. The third-order valence-electron chi connectivity index (χ3n) is 2.76. The third-order valence-corrected chi connectivity index (χ3v) is 2.76. The average Bonchev–Trinajstić information content (AvgIpc) is 2.31. The molecule has 0 saturated heterocycles. The highest BCUT2D eigenvalue weighted by Crippen LogP contribution is 2.20. The molecule has 1 N–H and O–H groups in total. The summed E-state index contributed by atoms with van der Waals surface area (Å²) in [5, 5.41) is 9.91. The molecule has 96 valence electrons. The van der Waals surface area contributed by atoms with Crippen molar-refractivity contribution in [3.8, 4) is 0 Å². The topological polar surface area (TPSA) is 23.5 Å². The summed E-state index contributed by atoms with van der Waals surface area (Å²) in [7, 11) is 0. The highest BCUT2D eigenvalue weighted by molar-refractivity contribution is 5.21. The van der Waals surface area contributed by atoms with E-state index < -0.39 is 17.7 Å². The van der Waals surface area contributed by atoms with Crippen LogP contribution in [0.5, 0.6) is 0 Å². The van der Waals surface area contributed by atoms with Gasteiger partial charge in [-0.05, 0) is 25.6 Å². The van der Waals surface area contributed by atoms with Crippen molar-refractivity contribution in [1.29, 1.82) is 0 Å². The number of halogens is 2. The first kappa shape index (κ1) is 14.1. The summed E-state index contributed by atoms with van der Waals surface area (Å²) in [6.45, 7) is 5.96. The van der Waals surface area contributed by atoms with E-state index in [1.165, 1.54) is 12.1 Å². The van der Waals surface area contributed by atoms with E-state index in [1.54, 1.807) is 0 Å². The van der Waals surface area contributed by atoms with Crippen LogP contribution < -0.4 is 0 Å². The Morgan fingerprint density at radius 3 is 2.59 bits per heavy atom. The van der Waals surface area contributed by atoms with Gasteiger partial charge >= 0.3 is 0 Å². The highest BCUT2D eigenvalue weighted by atomic mass is 19.2. The normalized spacial score (nSPS) is 13.1. The molecule has 0 aliphatic carbocycles. The average molecular weight is 243 g/mol. The van der Waals surface area contributed by atoms with Crippen molar-refractivity contribution >= 4 is 0 Å². The van der Waals surface area contributed by atoms with Crippen molar-refractivity contribution in [2.45, 2.75) is 26.4 Å². The monoisotopic (exact) mass is 243 g/mol. The summed E-state index contributed by atoms with van der Waals surface area (Å²) in [5.41, 5.74) is 0.0274. The molecule has 0 fully saturated rings. The van der Waals surface area contributed by atoms with Crippen LogP contribution in [0.15, 0.2) is 18.2 Å². The van der Waals surface area contributed by atoms with E-state index in [2.05, 4.69) is 0 Å². The van der Waals surface area contributed by atoms with Crippen molar-refractivity contribution in [2.24, 2.45) is 0 Å². The van der Waals surface area contributed by atoms with Crippen LogP contribution >= 0.6 is 0 Å². The number of nitrogens with zero attached hydrogens (tertiary/aromatic N) is 1. The van der Waals surface area contributed by atoms with Gasteiger partial charge in [-0.25, -0.2) is 8.78 Å². The summed E-state index contributed by atoms with van der Waals surface area (Å²) < 4.78 is 26.4. The molecular weight excluding hydrogens is 224 g/mol. The highest BCUT2D eigenvalue weighted by Gasteiger charge is 2.17. The fourth-order valence-electron chi connectivity index (χ4n) is 1.82. The van der Waals surface area contributed by atoms with Gasteiger partial charge in [0.25, 0.3) is 0 Å². The Labute approximate surface area is 101 Å². The molecule has 17 heavy (non-hydrogen) atoms. The fourth-order valence-corrected chi connectivity index (χ4v) is 1.82. The van der Waals surface area contributed by atoms with Crippen molar-refractivity contribution in [2.75, 3.05) is 19.6 Å². The zero-order chi connectivity index (χ0) is 12.8. The molecule has 0 heterocycles. The molecule has 2 nitrogen and oxygen atoms in total. The van der Waals surface area contributed by atoms with Crippen molar-refractivity contribution in [1.82, 2.24) is 4.90 Å². The van der Waals surface area contributed by atoms with Gasteiger partial charge in [0.2, 0.25) is 0 Å². The Hall–Kier alpha value is -1.00. The van der Waals surface area contributed by atoms with Gasteiger partial charge in [0.1, 0.15) is 0 Å². The first-order valence-electron chi connectivity index (χ1n) is 5.94. The summed E-state index contributed by atoms with van der Waals surface area (Å²) in [6.07, 6.45) is -0.0242. The van der Waals surface area contributed by atoms with E-state index in [1.807, 2.05) is 18.7 Å². The number of benzene rings is 1. The van der Waals surface area contributed by atoms with E-state index in [-0.39, 0.29) is 5.56 Å². The Morgan fingerprint density at radius 1 is 1.29 bits per heavy atom. The molecular formula is C13H19F2NO. The van der Waals surface area contributed by atoms with Gasteiger partial charge in [-0.3, -0.25) is 0 Å². The second-order valence-electron chi connectivity index (χ2n) is 4.05. The molecule has 1 atom stereocenters. The second-order valence-corrected chi connectivity index (χ2v) is 4.05. The number of hydrogen-bond donors (Lipinski definition) is 1. The maximum absolute atomic E-state index is 13.4. The van der Waals surface area contributed by atoms with Gasteiger partial charge in [0.15, 0.2) is 11.6 Å². The lowest BCUT2D eigenvalue weighted by Gasteiger charge is -2.23. The van der Waals surface area contributed by atoms with Crippen LogP contribution in [-0.2, 0) is 0 Å². The van der Waals surface area contributed by atoms with Crippen LogP contribution in [0.1, 0.15) is 31.9 Å².